The lowest BCUT2D eigenvalue weighted by molar-refractivity contribution is -0.138. The predicted molar refractivity (Wildman–Crippen MR) is 98.1 cm³/mol. The molecule has 1 N–H and O–H groups in total. The van der Waals surface area contributed by atoms with Gasteiger partial charge in [0, 0.05) is 24.3 Å². The number of anilines is 1. The quantitative estimate of drug-likeness (QED) is 0.616. The maximum atomic E-state index is 12.7. The number of carbonyl (C=O) groups excluding carboxylic acids is 3. The molecule has 0 saturated carbocycles. The Labute approximate surface area is 158 Å². The first-order chi connectivity index (χ1) is 12.8. The maximum Gasteiger partial charge on any atom is 0.354 e. The van der Waals surface area contributed by atoms with Crippen LogP contribution in [-0.4, -0.2) is 62.3 Å². The van der Waals surface area contributed by atoms with Crippen LogP contribution in [0.2, 0.25) is 0 Å². The zero-order valence-corrected chi connectivity index (χ0v) is 15.9. The zero-order chi connectivity index (χ0) is 20.0. The topological polar surface area (TPSA) is 94.2 Å². The number of nitrogens with zero attached hydrogens (tertiary/aromatic N) is 1. The average Bonchev–Trinajstić information content (AvgIpc) is 2.65. The second kappa shape index (κ2) is 9.18. The third kappa shape index (κ3) is 5.55. The van der Waals surface area contributed by atoms with Gasteiger partial charge in [-0.25, -0.2) is 9.59 Å². The van der Waals surface area contributed by atoms with Gasteiger partial charge in [-0.05, 0) is 38.1 Å². The van der Waals surface area contributed by atoms with Crippen molar-refractivity contribution in [2.24, 2.45) is 0 Å². The fourth-order valence-corrected chi connectivity index (χ4v) is 2.81. The summed E-state index contributed by atoms with van der Waals surface area (Å²) in [7, 11) is 2.42. The largest absolute Gasteiger partial charge is 0.466 e. The van der Waals surface area contributed by atoms with Crippen molar-refractivity contribution in [3.8, 4) is 0 Å². The molecule has 1 saturated heterocycles. The molecule has 0 aliphatic carbocycles. The molecule has 1 aromatic rings. The summed E-state index contributed by atoms with van der Waals surface area (Å²) in [5.74, 6) is -1.48. The number of methoxy groups -OCH3 is 2. The van der Waals surface area contributed by atoms with Crippen molar-refractivity contribution in [2.45, 2.75) is 26.1 Å². The number of rotatable bonds is 5. The number of ether oxygens (including phenoxy) is 3. The van der Waals surface area contributed by atoms with E-state index in [1.807, 2.05) is 13.8 Å². The molecule has 1 aliphatic rings. The van der Waals surface area contributed by atoms with Crippen molar-refractivity contribution < 1.29 is 28.6 Å². The molecule has 2 atom stereocenters. The first-order valence-electron chi connectivity index (χ1n) is 8.53. The number of nitrogens with one attached hydrogen (secondary N) is 1. The van der Waals surface area contributed by atoms with E-state index in [1.54, 1.807) is 29.2 Å². The summed E-state index contributed by atoms with van der Waals surface area (Å²) < 4.78 is 14.8. The lowest BCUT2D eigenvalue weighted by atomic mass is 10.1. The van der Waals surface area contributed by atoms with E-state index in [9.17, 15) is 14.4 Å². The van der Waals surface area contributed by atoms with Gasteiger partial charge in [-0.2, -0.15) is 0 Å². The van der Waals surface area contributed by atoms with Crippen LogP contribution in [-0.2, 0) is 23.8 Å². The molecule has 0 bridgehead atoms. The second-order valence-corrected chi connectivity index (χ2v) is 6.24. The lowest BCUT2D eigenvalue weighted by Gasteiger charge is -2.35. The number of amides is 1. The van der Waals surface area contributed by atoms with E-state index in [0.29, 0.717) is 24.3 Å². The second-order valence-electron chi connectivity index (χ2n) is 6.24. The Balaban J connectivity index is 2.11. The molecule has 1 amide bonds. The van der Waals surface area contributed by atoms with Gasteiger partial charge in [-0.1, -0.05) is 0 Å². The highest BCUT2D eigenvalue weighted by Crippen LogP contribution is 2.17. The van der Waals surface area contributed by atoms with Crippen molar-refractivity contribution >= 4 is 23.5 Å². The first-order valence-corrected chi connectivity index (χ1v) is 8.53. The van der Waals surface area contributed by atoms with Crippen molar-refractivity contribution in [2.75, 3.05) is 32.6 Å². The van der Waals surface area contributed by atoms with Crippen molar-refractivity contribution in [1.29, 1.82) is 0 Å². The van der Waals surface area contributed by atoms with E-state index in [4.69, 9.17) is 4.74 Å². The number of esters is 2. The fourth-order valence-electron chi connectivity index (χ4n) is 2.81. The molecular weight excluding hydrogens is 352 g/mol. The van der Waals surface area contributed by atoms with Crippen LogP contribution in [0.1, 0.15) is 24.2 Å². The van der Waals surface area contributed by atoms with E-state index in [0.717, 1.165) is 6.08 Å². The van der Waals surface area contributed by atoms with Crippen molar-refractivity contribution in [1.82, 2.24) is 4.90 Å². The summed E-state index contributed by atoms with van der Waals surface area (Å²) in [5, 5.41) is 2.80. The van der Waals surface area contributed by atoms with E-state index >= 15 is 0 Å². The standard InChI is InChI=1S/C19H24N2O6/c1-12-10-21(11-13(2)27-12)18(23)14-5-7-15(8-6-14)20-16(19(24)26-4)9-17(22)25-3/h5-9,12-13,20H,10-11H2,1-4H3/b16-9+. The van der Waals surface area contributed by atoms with Gasteiger partial charge in [0.2, 0.25) is 0 Å². The normalized spacial score (nSPS) is 20.0. The summed E-state index contributed by atoms with van der Waals surface area (Å²) >= 11 is 0. The Hall–Kier alpha value is -2.87. The molecule has 2 unspecified atom stereocenters. The molecule has 1 aliphatic heterocycles. The molecule has 8 heteroatoms. The van der Waals surface area contributed by atoms with Crippen LogP contribution >= 0.6 is 0 Å². The minimum Gasteiger partial charge on any atom is -0.466 e. The highest BCUT2D eigenvalue weighted by Gasteiger charge is 2.26. The molecule has 0 aromatic heterocycles. The van der Waals surface area contributed by atoms with Crippen LogP contribution in [0.5, 0.6) is 0 Å². The summed E-state index contributed by atoms with van der Waals surface area (Å²) in [5.41, 5.74) is 0.980. The van der Waals surface area contributed by atoms with Crippen LogP contribution in [0.3, 0.4) is 0 Å². The van der Waals surface area contributed by atoms with Crippen molar-refractivity contribution in [3.05, 3.63) is 41.6 Å². The van der Waals surface area contributed by atoms with Gasteiger partial charge in [0.25, 0.3) is 5.91 Å². The van der Waals surface area contributed by atoms with Gasteiger partial charge in [-0.3, -0.25) is 4.79 Å². The average molecular weight is 376 g/mol. The molecule has 146 valence electrons. The van der Waals surface area contributed by atoms with Crippen LogP contribution in [0.4, 0.5) is 5.69 Å². The van der Waals surface area contributed by atoms with E-state index in [2.05, 4.69) is 14.8 Å². The minimum absolute atomic E-state index is 0.00952. The summed E-state index contributed by atoms with van der Waals surface area (Å²) in [6, 6.07) is 6.61. The number of carbonyl (C=O) groups is 3. The van der Waals surface area contributed by atoms with Gasteiger partial charge in [0.15, 0.2) is 0 Å². The molecule has 1 heterocycles. The monoisotopic (exact) mass is 376 g/mol. The van der Waals surface area contributed by atoms with Crippen LogP contribution in [0, 0.1) is 0 Å². The van der Waals surface area contributed by atoms with Crippen LogP contribution in [0.15, 0.2) is 36.0 Å². The Morgan fingerprint density at radius 2 is 1.67 bits per heavy atom. The summed E-state index contributed by atoms with van der Waals surface area (Å²) in [6.45, 7) is 4.95. The predicted octanol–water partition coefficient (Wildman–Crippen LogP) is 1.58. The number of hydrogen-bond donors (Lipinski definition) is 1. The van der Waals surface area contributed by atoms with Gasteiger partial charge in [0.1, 0.15) is 5.70 Å². The third-order valence-corrected chi connectivity index (χ3v) is 3.99. The SMILES string of the molecule is COC(=O)/C=C(/Nc1ccc(C(=O)N2CC(C)OC(C)C2)cc1)C(=O)OC. The smallest absolute Gasteiger partial charge is 0.354 e. The molecule has 0 radical (unpaired) electrons. The van der Waals surface area contributed by atoms with Gasteiger partial charge < -0.3 is 24.4 Å². The molecular formula is C19H24N2O6. The Kier molecular flexibility index (Phi) is 6.95. The molecule has 1 aromatic carbocycles. The Bertz CT molecular complexity index is 718. The van der Waals surface area contributed by atoms with Gasteiger partial charge in [-0.15, -0.1) is 0 Å². The minimum atomic E-state index is -0.711. The highest BCUT2D eigenvalue weighted by molar-refractivity contribution is 5.99. The molecule has 0 spiro atoms. The summed E-state index contributed by atoms with van der Waals surface area (Å²) in [6.07, 6.45) is 0.982. The summed E-state index contributed by atoms with van der Waals surface area (Å²) in [4.78, 5) is 37.6. The maximum absolute atomic E-state index is 12.7. The molecule has 27 heavy (non-hydrogen) atoms. The lowest BCUT2D eigenvalue weighted by Crippen LogP contribution is -2.48. The third-order valence-electron chi connectivity index (χ3n) is 3.99. The molecule has 2 rings (SSSR count). The Morgan fingerprint density at radius 1 is 1.07 bits per heavy atom. The fraction of sp³-hybridized carbons (Fsp3) is 0.421. The van der Waals surface area contributed by atoms with E-state index < -0.39 is 11.9 Å². The Morgan fingerprint density at radius 3 is 2.19 bits per heavy atom. The van der Waals surface area contributed by atoms with Gasteiger partial charge >= 0.3 is 11.9 Å². The van der Waals surface area contributed by atoms with Crippen molar-refractivity contribution in [3.63, 3.8) is 0 Å². The van der Waals surface area contributed by atoms with E-state index in [1.165, 1.54) is 14.2 Å². The molecule has 8 nitrogen and oxygen atoms in total. The highest BCUT2D eigenvalue weighted by atomic mass is 16.5. The molecule has 1 fully saturated rings. The zero-order valence-electron chi connectivity index (χ0n) is 15.9. The van der Waals surface area contributed by atoms with Gasteiger partial charge in [0.05, 0.1) is 32.5 Å². The first kappa shape index (κ1) is 20.4. The van der Waals surface area contributed by atoms with E-state index in [-0.39, 0.29) is 23.8 Å². The van der Waals surface area contributed by atoms with Crippen LogP contribution < -0.4 is 5.32 Å². The number of benzene rings is 1. The number of morpholine rings is 1. The van der Waals surface area contributed by atoms with Crippen LogP contribution in [0.25, 0.3) is 0 Å². The number of hydrogen-bond acceptors (Lipinski definition) is 7.